The third-order valence-electron chi connectivity index (χ3n) is 2.95. The molecule has 0 aliphatic rings. The molecule has 0 saturated carbocycles. The van der Waals surface area contributed by atoms with E-state index >= 15 is 0 Å². The highest BCUT2D eigenvalue weighted by Gasteiger charge is 2.07. The zero-order valence-corrected chi connectivity index (χ0v) is 13.5. The summed E-state index contributed by atoms with van der Waals surface area (Å²) >= 11 is 1.42. The van der Waals surface area contributed by atoms with E-state index in [9.17, 15) is 4.79 Å². The molecule has 21 heavy (non-hydrogen) atoms. The largest absolute Gasteiger partial charge is 0.325 e. The Morgan fingerprint density at radius 3 is 2.57 bits per heavy atom. The molecule has 5 heteroatoms. The predicted octanol–water partition coefficient (Wildman–Crippen LogP) is 3.44. The average Bonchev–Trinajstić information content (AvgIpc) is 2.39. The molecule has 0 saturated heterocycles. The molecule has 1 amide bonds. The van der Waals surface area contributed by atoms with Gasteiger partial charge in [0, 0.05) is 11.4 Å². The Balaban J connectivity index is 1.95. The van der Waals surface area contributed by atoms with E-state index in [0.29, 0.717) is 5.75 Å². The number of aromatic nitrogens is 2. The molecule has 110 valence electrons. The molecule has 0 unspecified atom stereocenters. The third-order valence-corrected chi connectivity index (χ3v) is 3.86. The molecule has 0 aliphatic heterocycles. The van der Waals surface area contributed by atoms with Gasteiger partial charge in [-0.15, -0.1) is 0 Å². The van der Waals surface area contributed by atoms with Crippen LogP contribution in [0.1, 0.15) is 22.6 Å². The van der Waals surface area contributed by atoms with Gasteiger partial charge in [0.1, 0.15) is 10.9 Å². The van der Waals surface area contributed by atoms with E-state index in [1.165, 1.54) is 17.3 Å². The number of anilines is 1. The lowest BCUT2D eigenvalue weighted by molar-refractivity contribution is -0.113. The van der Waals surface area contributed by atoms with Gasteiger partial charge >= 0.3 is 0 Å². The normalized spacial score (nSPS) is 10.5. The number of nitrogens with one attached hydrogen (secondary N) is 1. The number of carbonyl (C=O) groups excluding carboxylic acids is 1. The quantitative estimate of drug-likeness (QED) is 0.694. The average molecular weight is 301 g/mol. The number of hydrogen-bond acceptors (Lipinski definition) is 4. The Morgan fingerprint density at radius 2 is 1.90 bits per heavy atom. The van der Waals surface area contributed by atoms with Gasteiger partial charge in [-0.3, -0.25) is 4.79 Å². The minimum absolute atomic E-state index is 0.0270. The second kappa shape index (κ2) is 6.72. The van der Waals surface area contributed by atoms with Crippen LogP contribution in [0.5, 0.6) is 0 Å². The second-order valence-electron chi connectivity index (χ2n) is 5.05. The van der Waals surface area contributed by atoms with Crippen LogP contribution in [0.15, 0.2) is 29.3 Å². The Morgan fingerprint density at radius 1 is 1.14 bits per heavy atom. The van der Waals surface area contributed by atoms with E-state index in [0.717, 1.165) is 27.8 Å². The van der Waals surface area contributed by atoms with Crippen LogP contribution in [0.2, 0.25) is 0 Å². The van der Waals surface area contributed by atoms with Gasteiger partial charge in [0.2, 0.25) is 5.91 Å². The van der Waals surface area contributed by atoms with Crippen molar-refractivity contribution < 1.29 is 4.79 Å². The van der Waals surface area contributed by atoms with E-state index in [-0.39, 0.29) is 5.91 Å². The highest BCUT2D eigenvalue weighted by atomic mass is 32.2. The molecular weight excluding hydrogens is 282 g/mol. The van der Waals surface area contributed by atoms with Gasteiger partial charge in [0.25, 0.3) is 0 Å². The molecule has 2 rings (SSSR count). The lowest BCUT2D eigenvalue weighted by Crippen LogP contribution is -2.15. The lowest BCUT2D eigenvalue weighted by Gasteiger charge is -2.09. The van der Waals surface area contributed by atoms with Crippen LogP contribution < -0.4 is 5.32 Å². The fourth-order valence-electron chi connectivity index (χ4n) is 2.04. The Kier molecular flexibility index (Phi) is 4.96. The molecule has 1 aromatic heterocycles. The van der Waals surface area contributed by atoms with Crippen LogP contribution in [0, 0.1) is 27.7 Å². The first-order valence-corrected chi connectivity index (χ1v) is 7.75. The van der Waals surface area contributed by atoms with Crippen molar-refractivity contribution in [1.29, 1.82) is 0 Å². The smallest absolute Gasteiger partial charge is 0.234 e. The van der Waals surface area contributed by atoms with Gasteiger partial charge in [-0.25, -0.2) is 9.97 Å². The van der Waals surface area contributed by atoms with Crippen molar-refractivity contribution in [3.8, 4) is 0 Å². The van der Waals surface area contributed by atoms with E-state index in [4.69, 9.17) is 0 Å². The monoisotopic (exact) mass is 301 g/mol. The summed E-state index contributed by atoms with van der Waals surface area (Å²) in [5.74, 6) is 1.04. The van der Waals surface area contributed by atoms with Crippen molar-refractivity contribution >= 4 is 23.4 Å². The van der Waals surface area contributed by atoms with E-state index in [1.807, 2.05) is 45.9 Å². The molecule has 1 aromatic carbocycles. The molecule has 1 N–H and O–H groups in total. The maximum atomic E-state index is 12.0. The number of hydrogen-bond donors (Lipinski definition) is 1. The van der Waals surface area contributed by atoms with Crippen LogP contribution >= 0.6 is 11.8 Å². The van der Waals surface area contributed by atoms with Crippen LogP contribution in [0.4, 0.5) is 5.69 Å². The summed E-state index contributed by atoms with van der Waals surface area (Å²) in [6.07, 6.45) is 0. The minimum atomic E-state index is -0.0270. The Bertz CT molecular complexity index is 650. The first-order valence-electron chi connectivity index (χ1n) is 6.76. The molecule has 4 nitrogen and oxygen atoms in total. The number of thioether (sulfide) groups is 1. The SMILES string of the molecule is Cc1ccc(NC(=O)CSc2cc(C)nc(C)n2)c(C)c1. The molecule has 1 heterocycles. The number of rotatable bonds is 4. The number of amides is 1. The molecular formula is C16H19N3OS. The number of carbonyl (C=O) groups is 1. The summed E-state index contributed by atoms with van der Waals surface area (Å²) < 4.78 is 0. The number of aryl methyl sites for hydroxylation is 4. The van der Waals surface area contributed by atoms with Crippen LogP contribution in [-0.2, 0) is 4.79 Å². The van der Waals surface area contributed by atoms with Gasteiger partial charge in [-0.2, -0.15) is 0 Å². The van der Waals surface area contributed by atoms with Crippen LogP contribution in [0.3, 0.4) is 0 Å². The topological polar surface area (TPSA) is 54.9 Å². The summed E-state index contributed by atoms with van der Waals surface area (Å²) in [6.45, 7) is 7.81. The lowest BCUT2D eigenvalue weighted by atomic mass is 10.1. The molecule has 0 fully saturated rings. The van der Waals surface area contributed by atoms with Gasteiger partial charge < -0.3 is 5.32 Å². The zero-order chi connectivity index (χ0) is 15.4. The molecule has 0 radical (unpaired) electrons. The summed E-state index contributed by atoms with van der Waals surface area (Å²) in [7, 11) is 0. The number of nitrogens with zero attached hydrogens (tertiary/aromatic N) is 2. The fraction of sp³-hybridized carbons (Fsp3) is 0.312. The summed E-state index contributed by atoms with van der Waals surface area (Å²) in [5, 5.41) is 3.76. The summed E-state index contributed by atoms with van der Waals surface area (Å²) in [6, 6.07) is 7.88. The predicted molar refractivity (Wildman–Crippen MR) is 86.8 cm³/mol. The summed E-state index contributed by atoms with van der Waals surface area (Å²) in [5.41, 5.74) is 4.04. The second-order valence-corrected chi connectivity index (χ2v) is 6.05. The standard InChI is InChI=1S/C16H19N3OS/c1-10-5-6-14(11(2)7-10)19-15(20)9-21-16-8-12(3)17-13(4)18-16/h5-8H,9H2,1-4H3,(H,19,20). The number of benzene rings is 1. The maximum absolute atomic E-state index is 12.0. The summed E-state index contributed by atoms with van der Waals surface area (Å²) in [4.78, 5) is 20.6. The van der Waals surface area contributed by atoms with Crippen molar-refractivity contribution in [3.63, 3.8) is 0 Å². The molecule has 0 bridgehead atoms. The van der Waals surface area contributed by atoms with Crippen molar-refractivity contribution in [1.82, 2.24) is 9.97 Å². The van der Waals surface area contributed by atoms with Crippen molar-refractivity contribution in [3.05, 3.63) is 46.9 Å². The van der Waals surface area contributed by atoms with E-state index in [1.54, 1.807) is 0 Å². The van der Waals surface area contributed by atoms with Crippen LogP contribution in [0.25, 0.3) is 0 Å². The van der Waals surface area contributed by atoms with Gasteiger partial charge in [0.15, 0.2) is 0 Å². The van der Waals surface area contributed by atoms with Gasteiger partial charge in [-0.1, -0.05) is 29.5 Å². The zero-order valence-electron chi connectivity index (χ0n) is 12.7. The minimum Gasteiger partial charge on any atom is -0.325 e. The Hall–Kier alpha value is -1.88. The van der Waals surface area contributed by atoms with Gasteiger partial charge in [-0.05, 0) is 45.4 Å². The highest BCUT2D eigenvalue weighted by molar-refractivity contribution is 7.99. The van der Waals surface area contributed by atoms with E-state index < -0.39 is 0 Å². The third kappa shape index (κ3) is 4.56. The highest BCUT2D eigenvalue weighted by Crippen LogP contribution is 2.19. The van der Waals surface area contributed by atoms with Crippen molar-refractivity contribution in [2.45, 2.75) is 32.7 Å². The molecule has 0 spiro atoms. The molecule has 0 aliphatic carbocycles. The van der Waals surface area contributed by atoms with Crippen molar-refractivity contribution in [2.75, 3.05) is 11.1 Å². The first kappa shape index (κ1) is 15.5. The van der Waals surface area contributed by atoms with E-state index in [2.05, 4.69) is 21.4 Å². The fourth-order valence-corrected chi connectivity index (χ4v) is 2.84. The first-order chi connectivity index (χ1) is 9.94. The Labute approximate surface area is 129 Å². The van der Waals surface area contributed by atoms with Gasteiger partial charge in [0.05, 0.1) is 5.75 Å². The maximum Gasteiger partial charge on any atom is 0.234 e. The molecule has 2 aromatic rings. The molecule has 0 atom stereocenters. The van der Waals surface area contributed by atoms with Crippen LogP contribution in [-0.4, -0.2) is 21.6 Å². The van der Waals surface area contributed by atoms with Crippen molar-refractivity contribution in [2.24, 2.45) is 0 Å².